The molecule has 1 unspecified atom stereocenters. The Kier molecular flexibility index (Phi) is 6.23. The summed E-state index contributed by atoms with van der Waals surface area (Å²) in [7, 11) is 0. The first-order valence-corrected chi connectivity index (χ1v) is 10.4. The van der Waals surface area contributed by atoms with E-state index in [2.05, 4.69) is 10.6 Å². The molecule has 164 valence electrons. The van der Waals surface area contributed by atoms with Gasteiger partial charge in [0.25, 0.3) is 5.56 Å². The maximum atomic E-state index is 14.9. The fourth-order valence-electron chi connectivity index (χ4n) is 3.61. The zero-order valence-electron chi connectivity index (χ0n) is 16.9. The number of benzene rings is 2. The van der Waals surface area contributed by atoms with Gasteiger partial charge in [0.1, 0.15) is 11.9 Å². The number of carbonyl (C=O) groups is 2. The summed E-state index contributed by atoms with van der Waals surface area (Å²) in [5, 5.41) is 5.84. The third kappa shape index (κ3) is 4.65. The van der Waals surface area contributed by atoms with Crippen LogP contribution in [0, 0.1) is 5.82 Å². The van der Waals surface area contributed by atoms with Crippen LogP contribution in [0.3, 0.4) is 0 Å². The Labute approximate surface area is 188 Å². The lowest BCUT2D eigenvalue weighted by atomic mass is 10.0. The van der Waals surface area contributed by atoms with E-state index in [1.165, 1.54) is 27.7 Å². The topological polar surface area (TPSA) is 83.4 Å². The molecule has 1 aliphatic rings. The average molecular weight is 455 g/mol. The van der Waals surface area contributed by atoms with Crippen molar-refractivity contribution >= 4 is 34.9 Å². The number of rotatable bonds is 4. The Morgan fingerprint density at radius 1 is 1.06 bits per heavy atom. The van der Waals surface area contributed by atoms with E-state index in [0.29, 0.717) is 35.8 Å². The van der Waals surface area contributed by atoms with Crippen LogP contribution in [-0.4, -0.2) is 29.1 Å². The molecule has 0 bridgehead atoms. The molecule has 1 saturated heterocycles. The number of halogens is 2. The zero-order valence-corrected chi connectivity index (χ0v) is 17.7. The molecule has 1 aliphatic heterocycles. The van der Waals surface area contributed by atoms with Crippen LogP contribution in [-0.2, 0) is 4.79 Å². The monoisotopic (exact) mass is 454 g/mol. The summed E-state index contributed by atoms with van der Waals surface area (Å²) >= 11 is 5.84. The van der Waals surface area contributed by atoms with E-state index in [1.54, 1.807) is 48.7 Å². The lowest BCUT2D eigenvalue weighted by Gasteiger charge is -2.33. The fraction of sp³-hybridized carbons (Fsp3) is 0.174. The molecule has 3 aromatic rings. The second kappa shape index (κ2) is 9.23. The van der Waals surface area contributed by atoms with Gasteiger partial charge in [0.2, 0.25) is 5.91 Å². The van der Waals surface area contributed by atoms with Gasteiger partial charge in [0, 0.05) is 35.6 Å². The third-order valence-corrected chi connectivity index (χ3v) is 5.42. The number of anilines is 2. The summed E-state index contributed by atoms with van der Waals surface area (Å²) in [6.07, 6.45) is 2.58. The van der Waals surface area contributed by atoms with E-state index in [4.69, 9.17) is 11.6 Å². The van der Waals surface area contributed by atoms with Crippen LogP contribution in [0.2, 0.25) is 5.02 Å². The van der Waals surface area contributed by atoms with Gasteiger partial charge in [-0.05, 0) is 55.3 Å². The van der Waals surface area contributed by atoms with Gasteiger partial charge in [-0.1, -0.05) is 17.7 Å². The molecule has 0 spiro atoms. The minimum absolute atomic E-state index is 0.104. The van der Waals surface area contributed by atoms with Crippen molar-refractivity contribution in [1.82, 2.24) is 9.88 Å². The van der Waals surface area contributed by atoms with Gasteiger partial charge in [-0.15, -0.1) is 0 Å². The highest BCUT2D eigenvalue weighted by molar-refractivity contribution is 6.30. The molecule has 2 aromatic carbocycles. The normalized spacial score (nSPS) is 16.0. The van der Waals surface area contributed by atoms with Crippen molar-refractivity contribution in [3.05, 3.63) is 88.1 Å². The Morgan fingerprint density at radius 2 is 1.84 bits per heavy atom. The van der Waals surface area contributed by atoms with Gasteiger partial charge in [-0.2, -0.15) is 0 Å². The minimum Gasteiger partial charge on any atom is -0.326 e. The number of piperidine rings is 1. The van der Waals surface area contributed by atoms with E-state index in [9.17, 15) is 18.8 Å². The van der Waals surface area contributed by atoms with Gasteiger partial charge in [-0.3, -0.25) is 14.2 Å². The molecule has 0 radical (unpaired) electrons. The number of nitrogens with one attached hydrogen (secondary N) is 2. The smallest absolute Gasteiger partial charge is 0.319 e. The van der Waals surface area contributed by atoms with E-state index in [-0.39, 0.29) is 11.2 Å². The lowest BCUT2D eigenvalue weighted by molar-refractivity contribution is -0.121. The van der Waals surface area contributed by atoms with Crippen LogP contribution in [0.15, 0.2) is 71.7 Å². The second-order valence-corrected chi connectivity index (χ2v) is 7.77. The van der Waals surface area contributed by atoms with Crippen LogP contribution >= 0.6 is 11.6 Å². The van der Waals surface area contributed by atoms with E-state index in [0.717, 1.165) is 0 Å². The number of amides is 3. The predicted octanol–water partition coefficient (Wildman–Crippen LogP) is 3.95. The lowest BCUT2D eigenvalue weighted by Crippen LogP contribution is -2.53. The van der Waals surface area contributed by atoms with Crippen molar-refractivity contribution in [2.45, 2.75) is 18.9 Å². The van der Waals surface area contributed by atoms with Crippen LogP contribution in [0.5, 0.6) is 0 Å². The number of hydrogen-bond donors (Lipinski definition) is 2. The Morgan fingerprint density at radius 3 is 2.56 bits per heavy atom. The minimum atomic E-state index is -0.785. The molecular weight excluding hydrogens is 435 g/mol. The van der Waals surface area contributed by atoms with Crippen molar-refractivity contribution in [3.8, 4) is 5.69 Å². The van der Waals surface area contributed by atoms with Crippen molar-refractivity contribution in [1.29, 1.82) is 0 Å². The molecule has 0 aliphatic carbocycles. The van der Waals surface area contributed by atoms with Gasteiger partial charge in [-0.25, -0.2) is 9.18 Å². The van der Waals surface area contributed by atoms with Crippen molar-refractivity contribution in [2.24, 2.45) is 0 Å². The Bertz CT molecular complexity index is 1210. The molecule has 2 heterocycles. The standard InChI is InChI=1S/C23H20ClFN4O3/c24-15-6-8-16(9-7-15)26-23(32)27-19-4-3-13-29(22(19)31)20-11-10-17(14-18(20)25)28-12-2-1-5-21(28)30/h1-2,5-12,14,19H,3-4,13H2,(H2,26,27,32). The number of pyridine rings is 1. The highest BCUT2D eigenvalue weighted by atomic mass is 35.5. The largest absolute Gasteiger partial charge is 0.326 e. The number of carbonyl (C=O) groups excluding carboxylic acids is 2. The molecule has 2 N–H and O–H groups in total. The highest BCUT2D eigenvalue weighted by Gasteiger charge is 2.32. The molecule has 3 amide bonds. The SMILES string of the molecule is O=C(Nc1ccc(Cl)cc1)NC1CCCN(c2ccc(-n3ccccc3=O)cc2F)C1=O. The number of nitrogens with zero attached hydrogens (tertiary/aromatic N) is 2. The number of aromatic nitrogens is 1. The van der Waals surface area contributed by atoms with Gasteiger partial charge < -0.3 is 15.5 Å². The predicted molar refractivity (Wildman–Crippen MR) is 121 cm³/mol. The van der Waals surface area contributed by atoms with Crippen LogP contribution in [0.4, 0.5) is 20.6 Å². The quantitative estimate of drug-likeness (QED) is 0.626. The summed E-state index contributed by atoms with van der Waals surface area (Å²) < 4.78 is 16.2. The van der Waals surface area contributed by atoms with E-state index < -0.39 is 23.8 Å². The van der Waals surface area contributed by atoms with Crippen molar-refractivity contribution < 1.29 is 14.0 Å². The maximum Gasteiger partial charge on any atom is 0.319 e. The second-order valence-electron chi connectivity index (χ2n) is 7.33. The summed E-state index contributed by atoms with van der Waals surface area (Å²) in [6.45, 7) is 0.331. The summed E-state index contributed by atoms with van der Waals surface area (Å²) in [4.78, 5) is 38.6. The van der Waals surface area contributed by atoms with Crippen LogP contribution in [0.1, 0.15) is 12.8 Å². The van der Waals surface area contributed by atoms with Crippen molar-refractivity contribution in [3.63, 3.8) is 0 Å². The Hall–Kier alpha value is -3.65. The summed E-state index contributed by atoms with van der Waals surface area (Å²) in [6, 6.07) is 14.2. The molecule has 1 atom stereocenters. The molecule has 1 aromatic heterocycles. The molecule has 7 nitrogen and oxygen atoms in total. The molecular formula is C23H20ClFN4O3. The molecule has 0 saturated carbocycles. The first-order chi connectivity index (χ1) is 15.4. The fourth-order valence-corrected chi connectivity index (χ4v) is 3.74. The average Bonchev–Trinajstić information content (AvgIpc) is 2.77. The van der Waals surface area contributed by atoms with E-state index >= 15 is 0 Å². The highest BCUT2D eigenvalue weighted by Crippen LogP contribution is 2.26. The molecule has 1 fully saturated rings. The van der Waals surface area contributed by atoms with Gasteiger partial charge in [0.05, 0.1) is 11.4 Å². The maximum absolute atomic E-state index is 14.9. The molecule has 32 heavy (non-hydrogen) atoms. The van der Waals surface area contributed by atoms with Gasteiger partial charge >= 0.3 is 6.03 Å². The summed E-state index contributed by atoms with van der Waals surface area (Å²) in [5.41, 5.74) is 0.708. The molecule has 9 heteroatoms. The summed E-state index contributed by atoms with van der Waals surface area (Å²) in [5.74, 6) is -1.02. The number of hydrogen-bond acceptors (Lipinski definition) is 3. The third-order valence-electron chi connectivity index (χ3n) is 5.17. The van der Waals surface area contributed by atoms with Crippen LogP contribution < -0.4 is 21.1 Å². The number of urea groups is 1. The molecule has 4 rings (SSSR count). The zero-order chi connectivity index (χ0) is 22.7. The first kappa shape index (κ1) is 21.6. The van der Waals surface area contributed by atoms with E-state index in [1.807, 2.05) is 0 Å². The Balaban J connectivity index is 1.48. The van der Waals surface area contributed by atoms with Gasteiger partial charge in [0.15, 0.2) is 0 Å². The van der Waals surface area contributed by atoms with Crippen LogP contribution in [0.25, 0.3) is 5.69 Å². The first-order valence-electron chi connectivity index (χ1n) is 10.0. The van der Waals surface area contributed by atoms with Crippen molar-refractivity contribution in [2.75, 3.05) is 16.8 Å².